The van der Waals surface area contributed by atoms with Crippen molar-refractivity contribution in [2.75, 3.05) is 0 Å². The van der Waals surface area contributed by atoms with E-state index in [0.717, 1.165) is 51.0 Å². The average molecular weight is 858 g/mol. The predicted molar refractivity (Wildman–Crippen MR) is 210 cm³/mol. The number of aryl methyl sites for hydroxylation is 8. The summed E-state index contributed by atoms with van der Waals surface area (Å²) in [6.45, 7) is 26.5. The van der Waals surface area contributed by atoms with Crippen LogP contribution in [-0.4, -0.2) is 19.1 Å². The third-order valence-corrected chi connectivity index (χ3v) is 9.22. The summed E-state index contributed by atoms with van der Waals surface area (Å²) in [4.78, 5) is 13.3. The molecule has 0 atom stereocenters. The van der Waals surface area contributed by atoms with E-state index in [1.54, 1.807) is 0 Å². The van der Waals surface area contributed by atoms with Crippen molar-refractivity contribution in [1.82, 2.24) is 19.1 Å². The van der Waals surface area contributed by atoms with E-state index in [4.69, 9.17) is 11.6 Å². The number of aromatic nitrogens is 4. The fourth-order valence-corrected chi connectivity index (χ4v) is 7.12. The molecule has 7 aromatic rings. The minimum absolute atomic E-state index is 0. The molecule has 5 nitrogen and oxygen atoms in total. The van der Waals surface area contributed by atoms with Crippen molar-refractivity contribution in [2.24, 2.45) is 0 Å². The van der Waals surface area contributed by atoms with Gasteiger partial charge in [-0.2, -0.15) is 6.07 Å². The molecule has 0 aliphatic carbocycles. The Morgan fingerprint density at radius 1 is 0.635 bits per heavy atom. The largest absolute Gasteiger partial charge is 0.340 e. The van der Waals surface area contributed by atoms with Gasteiger partial charge in [0, 0.05) is 55.1 Å². The van der Waals surface area contributed by atoms with Crippen LogP contribution in [0.3, 0.4) is 0 Å². The van der Waals surface area contributed by atoms with Gasteiger partial charge in [0.1, 0.15) is 5.69 Å². The topological polar surface area (TPSA) is 40.0 Å². The molecule has 0 bridgehead atoms. The maximum absolute atomic E-state index is 7.54. The Hall–Kier alpha value is -5.34. The van der Waals surface area contributed by atoms with E-state index in [-0.39, 0.29) is 20.1 Å². The minimum Gasteiger partial charge on any atom is -0.340 e. The molecule has 263 valence electrons. The second-order valence-electron chi connectivity index (χ2n) is 13.5. The molecule has 0 saturated carbocycles. The fraction of sp³-hybridized carbons (Fsp3) is 0.196. The molecule has 6 heteroatoms. The molecular formula is C46H43IrN5-2. The molecule has 0 aliphatic heterocycles. The third-order valence-electron chi connectivity index (χ3n) is 9.22. The Labute approximate surface area is 322 Å². The van der Waals surface area contributed by atoms with Crippen molar-refractivity contribution >= 4 is 5.69 Å². The van der Waals surface area contributed by atoms with Gasteiger partial charge >= 0.3 is 0 Å². The first-order valence-electron chi connectivity index (χ1n) is 17.2. The molecule has 52 heavy (non-hydrogen) atoms. The average Bonchev–Trinajstić information content (AvgIpc) is 3.70. The molecule has 5 aromatic carbocycles. The molecule has 7 rings (SSSR count). The molecule has 0 N–H and O–H groups in total. The van der Waals surface area contributed by atoms with Crippen molar-refractivity contribution in [2.45, 2.75) is 62.3 Å². The van der Waals surface area contributed by atoms with Gasteiger partial charge in [-0.05, 0) is 83.7 Å². The summed E-state index contributed by atoms with van der Waals surface area (Å²) in [5, 5.41) is 0. The standard InChI is InChI=1S/C28H26N3.C18H17N2.Ir/c1-17-9-8-10-23(15-17)26-22(6)31(27-20(4)13-18(2)14-21(27)5)28(30-26)24-12-11-19(3)25(16-24)29-7;1-13-11-14(2)17(15(3)12-13)20-10-9-19-18(20)16-7-5-4-6-8-16;/h8-11,13-16H,1-6H3;4-7,9-12H,1-3H3;/q2*-1;. The summed E-state index contributed by atoms with van der Waals surface area (Å²) in [7, 11) is 0. The van der Waals surface area contributed by atoms with Crippen LogP contribution in [0, 0.1) is 81.0 Å². The van der Waals surface area contributed by atoms with E-state index in [1.807, 2.05) is 55.7 Å². The van der Waals surface area contributed by atoms with Crippen molar-refractivity contribution < 1.29 is 20.1 Å². The summed E-state index contributed by atoms with van der Waals surface area (Å²) < 4.78 is 4.38. The van der Waals surface area contributed by atoms with Crippen LogP contribution in [-0.2, 0) is 20.1 Å². The summed E-state index contributed by atoms with van der Waals surface area (Å²) in [6, 6.07) is 35.6. The first-order valence-corrected chi connectivity index (χ1v) is 17.2. The summed E-state index contributed by atoms with van der Waals surface area (Å²) in [5.74, 6) is 1.75. The second-order valence-corrected chi connectivity index (χ2v) is 13.5. The molecule has 2 aromatic heterocycles. The van der Waals surface area contributed by atoms with E-state index in [0.29, 0.717) is 5.69 Å². The van der Waals surface area contributed by atoms with Crippen LogP contribution < -0.4 is 0 Å². The van der Waals surface area contributed by atoms with Gasteiger partial charge < -0.3 is 9.13 Å². The zero-order valence-corrected chi connectivity index (χ0v) is 33.7. The van der Waals surface area contributed by atoms with E-state index in [2.05, 4.69) is 135 Å². The first-order chi connectivity index (χ1) is 24.5. The SMILES string of the molecule is Cc1cc(C)c(-n2ccnc2-c2[c-]cccc2)c(C)c1.[C-]#[N+]c1cc(-c2nc(-c3cccc(C)c3)c(C)n2-c2c(C)cc(C)cc2C)[c-]cc1C.[Ir]. The van der Waals surface area contributed by atoms with Crippen molar-refractivity contribution in [1.29, 1.82) is 0 Å². The van der Waals surface area contributed by atoms with Gasteiger partial charge in [0.2, 0.25) is 0 Å². The third kappa shape index (κ3) is 7.63. The Kier molecular flexibility index (Phi) is 11.6. The van der Waals surface area contributed by atoms with Crippen molar-refractivity contribution in [3.63, 3.8) is 0 Å². The molecular weight excluding hydrogens is 815 g/mol. The number of hydrogen-bond acceptors (Lipinski definition) is 2. The van der Waals surface area contributed by atoms with Gasteiger partial charge in [0.25, 0.3) is 0 Å². The van der Waals surface area contributed by atoms with E-state index in [1.165, 1.54) is 44.6 Å². The minimum atomic E-state index is 0. The van der Waals surface area contributed by atoms with Crippen LogP contribution >= 0.6 is 0 Å². The second kappa shape index (κ2) is 15.9. The number of benzene rings is 5. The Bertz CT molecular complexity index is 2380. The Morgan fingerprint density at radius 2 is 1.29 bits per heavy atom. The zero-order chi connectivity index (χ0) is 36.4. The molecule has 0 fully saturated rings. The predicted octanol–water partition coefficient (Wildman–Crippen LogP) is 11.7. The number of hydrogen-bond donors (Lipinski definition) is 0. The molecule has 2 heterocycles. The number of nitrogens with zero attached hydrogens (tertiary/aromatic N) is 5. The summed E-state index contributed by atoms with van der Waals surface area (Å²) in [5.41, 5.74) is 17.5. The maximum Gasteiger partial charge on any atom is 0.111 e. The summed E-state index contributed by atoms with van der Waals surface area (Å²) in [6.07, 6.45) is 3.86. The Morgan fingerprint density at radius 3 is 1.88 bits per heavy atom. The van der Waals surface area contributed by atoms with Gasteiger partial charge in [-0.25, -0.2) is 0 Å². The van der Waals surface area contributed by atoms with Gasteiger partial charge in [-0.1, -0.05) is 66.1 Å². The quantitative estimate of drug-likeness (QED) is 0.162. The van der Waals surface area contributed by atoms with Crippen LogP contribution in [0.1, 0.15) is 50.2 Å². The molecule has 0 unspecified atom stereocenters. The molecule has 0 spiro atoms. The Balaban J connectivity index is 0.000000215. The molecule has 0 amide bonds. The van der Waals surface area contributed by atoms with E-state index < -0.39 is 0 Å². The molecule has 1 radical (unpaired) electrons. The normalized spacial score (nSPS) is 10.6. The van der Waals surface area contributed by atoms with Gasteiger partial charge in [-0.3, -0.25) is 14.8 Å². The smallest absolute Gasteiger partial charge is 0.111 e. The van der Waals surface area contributed by atoms with E-state index in [9.17, 15) is 0 Å². The molecule has 0 aliphatic rings. The van der Waals surface area contributed by atoms with Crippen LogP contribution in [0.25, 0.3) is 50.3 Å². The number of rotatable bonds is 5. The first kappa shape index (κ1) is 37.9. The van der Waals surface area contributed by atoms with E-state index >= 15 is 0 Å². The van der Waals surface area contributed by atoms with Gasteiger partial charge in [0.05, 0.1) is 23.9 Å². The van der Waals surface area contributed by atoms with Crippen LogP contribution in [0.4, 0.5) is 5.69 Å². The van der Waals surface area contributed by atoms with Crippen LogP contribution in [0.5, 0.6) is 0 Å². The zero-order valence-electron chi connectivity index (χ0n) is 31.3. The number of imidazole rings is 2. The molecule has 0 saturated heterocycles. The van der Waals surface area contributed by atoms with Crippen LogP contribution in [0.2, 0.25) is 0 Å². The monoisotopic (exact) mass is 858 g/mol. The van der Waals surface area contributed by atoms with Crippen LogP contribution in [0.15, 0.2) is 97.3 Å². The summed E-state index contributed by atoms with van der Waals surface area (Å²) >= 11 is 0. The maximum atomic E-state index is 7.54. The van der Waals surface area contributed by atoms with Gasteiger partial charge in [0.15, 0.2) is 0 Å². The van der Waals surface area contributed by atoms with Crippen molar-refractivity contribution in [3.8, 4) is 45.4 Å². The van der Waals surface area contributed by atoms with Gasteiger partial charge in [-0.15, -0.1) is 59.2 Å². The van der Waals surface area contributed by atoms with Crippen molar-refractivity contribution in [3.05, 3.63) is 171 Å². The fourth-order valence-electron chi connectivity index (χ4n) is 7.12.